The van der Waals surface area contributed by atoms with Crippen molar-refractivity contribution in [2.24, 2.45) is 5.73 Å². The van der Waals surface area contributed by atoms with E-state index < -0.39 is 0 Å². The molecule has 0 amide bonds. The van der Waals surface area contributed by atoms with Gasteiger partial charge in [0.15, 0.2) is 5.75 Å². The van der Waals surface area contributed by atoms with E-state index in [9.17, 15) is 0 Å². The number of aryl methyl sites for hydroxylation is 1. The minimum Gasteiger partial charge on any atom is -0.454 e. The lowest BCUT2D eigenvalue weighted by atomic mass is 10.2. The molecule has 2 N–H and O–H groups in total. The molecule has 0 aliphatic rings. The lowest BCUT2D eigenvalue weighted by Crippen LogP contribution is -2.06. The van der Waals surface area contributed by atoms with Gasteiger partial charge in [0.25, 0.3) is 0 Å². The van der Waals surface area contributed by atoms with Crippen molar-refractivity contribution in [2.45, 2.75) is 13.6 Å². The molecule has 15 heavy (non-hydrogen) atoms. The molecule has 4 heteroatoms. The van der Waals surface area contributed by atoms with Crippen molar-refractivity contribution in [3.63, 3.8) is 0 Å². The second kappa shape index (κ2) is 4.14. The molecule has 4 nitrogen and oxygen atoms in total. The topological polar surface area (TPSA) is 53.1 Å². The maximum Gasteiger partial charge on any atom is 0.165 e. The van der Waals surface area contributed by atoms with Gasteiger partial charge < -0.3 is 10.5 Å². The quantitative estimate of drug-likeness (QED) is 0.828. The predicted molar refractivity (Wildman–Crippen MR) is 57.7 cm³/mol. The molecule has 0 spiro atoms. The first kappa shape index (κ1) is 9.73. The zero-order chi connectivity index (χ0) is 10.7. The first-order valence-electron chi connectivity index (χ1n) is 4.75. The lowest BCUT2D eigenvalue weighted by molar-refractivity contribution is 0.481. The van der Waals surface area contributed by atoms with Crippen molar-refractivity contribution >= 4 is 0 Å². The number of ether oxygens (including phenoxy) is 1. The fraction of sp³-hybridized carbons (Fsp3) is 0.182. The van der Waals surface area contributed by atoms with Gasteiger partial charge in [0.2, 0.25) is 0 Å². The van der Waals surface area contributed by atoms with Crippen molar-refractivity contribution in [3.8, 4) is 11.5 Å². The van der Waals surface area contributed by atoms with E-state index in [1.165, 1.54) is 5.56 Å². The third kappa shape index (κ3) is 2.35. The molecular weight excluding hydrogens is 190 g/mol. The summed E-state index contributed by atoms with van der Waals surface area (Å²) in [5.41, 5.74) is 6.63. The van der Waals surface area contributed by atoms with E-state index in [2.05, 4.69) is 5.10 Å². The average Bonchev–Trinajstić information content (AvgIpc) is 2.69. The predicted octanol–water partition coefficient (Wildman–Crippen LogP) is 1.90. The average molecular weight is 203 g/mol. The van der Waals surface area contributed by atoms with E-state index in [1.807, 2.05) is 31.2 Å². The van der Waals surface area contributed by atoms with Crippen LogP contribution in [0, 0.1) is 6.92 Å². The Balaban J connectivity index is 2.11. The second-order valence-corrected chi connectivity index (χ2v) is 3.31. The molecule has 2 aromatic rings. The number of benzene rings is 1. The highest BCUT2D eigenvalue weighted by atomic mass is 16.5. The minimum absolute atomic E-state index is 0.358. The Morgan fingerprint density at radius 2 is 2.00 bits per heavy atom. The maximum atomic E-state index is 5.58. The van der Waals surface area contributed by atoms with Gasteiger partial charge in [-0.2, -0.15) is 5.10 Å². The molecule has 0 saturated heterocycles. The Bertz CT molecular complexity index is 433. The molecule has 0 atom stereocenters. The monoisotopic (exact) mass is 203 g/mol. The van der Waals surface area contributed by atoms with Crippen LogP contribution in [0.4, 0.5) is 0 Å². The van der Waals surface area contributed by atoms with Crippen LogP contribution >= 0.6 is 0 Å². The van der Waals surface area contributed by atoms with Gasteiger partial charge >= 0.3 is 0 Å². The zero-order valence-corrected chi connectivity index (χ0v) is 8.55. The third-order valence-electron chi connectivity index (χ3n) is 2.05. The van der Waals surface area contributed by atoms with Gasteiger partial charge in [-0.05, 0) is 19.1 Å². The van der Waals surface area contributed by atoms with Crippen molar-refractivity contribution in [1.29, 1.82) is 0 Å². The highest BCUT2D eigenvalue weighted by molar-refractivity contribution is 5.30. The number of hydrogen-bond donors (Lipinski definition) is 1. The van der Waals surface area contributed by atoms with Gasteiger partial charge in [0, 0.05) is 0 Å². The molecule has 0 fully saturated rings. The van der Waals surface area contributed by atoms with Crippen LogP contribution in [0.2, 0.25) is 0 Å². The molecule has 0 radical (unpaired) electrons. The van der Waals surface area contributed by atoms with Crippen molar-refractivity contribution < 1.29 is 4.74 Å². The van der Waals surface area contributed by atoms with Gasteiger partial charge in [0.05, 0.1) is 19.1 Å². The molecule has 78 valence electrons. The van der Waals surface area contributed by atoms with E-state index in [1.54, 1.807) is 17.1 Å². The first-order chi connectivity index (χ1) is 7.28. The number of aromatic nitrogens is 2. The zero-order valence-electron chi connectivity index (χ0n) is 8.55. The van der Waals surface area contributed by atoms with Crippen LogP contribution < -0.4 is 10.5 Å². The maximum absolute atomic E-state index is 5.58. The SMILES string of the molecule is Cc1ccc(Oc2cnn(CN)c2)cc1. The van der Waals surface area contributed by atoms with Crippen LogP contribution in [0.3, 0.4) is 0 Å². The summed E-state index contributed by atoms with van der Waals surface area (Å²) in [6.07, 6.45) is 3.41. The van der Waals surface area contributed by atoms with Crippen LogP contribution in [0.25, 0.3) is 0 Å². The van der Waals surface area contributed by atoms with Crippen LogP contribution in [0.15, 0.2) is 36.7 Å². The summed E-state index contributed by atoms with van der Waals surface area (Å²) in [5.74, 6) is 1.50. The fourth-order valence-corrected chi connectivity index (χ4v) is 1.24. The molecule has 0 bridgehead atoms. The van der Waals surface area contributed by atoms with E-state index in [0.29, 0.717) is 12.4 Å². The van der Waals surface area contributed by atoms with Gasteiger partial charge in [-0.1, -0.05) is 17.7 Å². The Morgan fingerprint density at radius 1 is 1.27 bits per heavy atom. The van der Waals surface area contributed by atoms with Gasteiger partial charge in [-0.3, -0.25) is 4.68 Å². The molecule has 0 unspecified atom stereocenters. The lowest BCUT2D eigenvalue weighted by Gasteiger charge is -2.02. The number of rotatable bonds is 3. The Kier molecular flexibility index (Phi) is 2.69. The van der Waals surface area contributed by atoms with Gasteiger partial charge in [-0.25, -0.2) is 0 Å². The van der Waals surface area contributed by atoms with E-state index >= 15 is 0 Å². The standard InChI is InChI=1S/C11H13N3O/c1-9-2-4-10(5-3-9)15-11-6-13-14(7-11)8-12/h2-7H,8,12H2,1H3. The number of nitrogens with zero attached hydrogens (tertiary/aromatic N) is 2. The molecule has 0 aliphatic carbocycles. The summed E-state index contributed by atoms with van der Waals surface area (Å²) in [6.45, 7) is 2.40. The van der Waals surface area contributed by atoms with Crippen molar-refractivity contribution in [2.75, 3.05) is 0 Å². The highest BCUT2D eigenvalue weighted by Gasteiger charge is 1.99. The Labute approximate surface area is 88.3 Å². The molecule has 0 saturated carbocycles. The smallest absolute Gasteiger partial charge is 0.165 e. The van der Waals surface area contributed by atoms with E-state index in [0.717, 1.165) is 5.75 Å². The first-order valence-corrected chi connectivity index (χ1v) is 4.75. The second-order valence-electron chi connectivity index (χ2n) is 3.31. The van der Waals surface area contributed by atoms with E-state index in [-0.39, 0.29) is 0 Å². The number of hydrogen-bond acceptors (Lipinski definition) is 3. The molecule has 1 heterocycles. The van der Waals surface area contributed by atoms with Crippen molar-refractivity contribution in [3.05, 3.63) is 42.2 Å². The molecule has 1 aromatic heterocycles. The third-order valence-corrected chi connectivity index (χ3v) is 2.05. The molecular formula is C11H13N3O. The van der Waals surface area contributed by atoms with Crippen LogP contribution in [0.1, 0.15) is 5.56 Å². The summed E-state index contributed by atoms with van der Waals surface area (Å²) >= 11 is 0. The van der Waals surface area contributed by atoms with Crippen LogP contribution in [-0.4, -0.2) is 9.78 Å². The van der Waals surface area contributed by atoms with Gasteiger partial charge in [-0.15, -0.1) is 0 Å². The normalized spacial score (nSPS) is 10.3. The summed E-state index contributed by atoms with van der Waals surface area (Å²) in [6, 6.07) is 7.86. The minimum atomic E-state index is 0.358. The summed E-state index contributed by atoms with van der Waals surface area (Å²) in [4.78, 5) is 0. The molecule has 1 aromatic carbocycles. The largest absolute Gasteiger partial charge is 0.454 e. The highest BCUT2D eigenvalue weighted by Crippen LogP contribution is 2.20. The summed E-state index contributed by atoms with van der Waals surface area (Å²) < 4.78 is 7.19. The van der Waals surface area contributed by atoms with E-state index in [4.69, 9.17) is 10.5 Å². The molecule has 0 aliphatic heterocycles. The van der Waals surface area contributed by atoms with Crippen LogP contribution in [0.5, 0.6) is 11.5 Å². The summed E-state index contributed by atoms with van der Waals surface area (Å²) in [7, 11) is 0. The fourth-order valence-electron chi connectivity index (χ4n) is 1.24. The Morgan fingerprint density at radius 3 is 2.60 bits per heavy atom. The van der Waals surface area contributed by atoms with Gasteiger partial charge in [0.1, 0.15) is 5.75 Å². The molecule has 2 rings (SSSR count). The van der Waals surface area contributed by atoms with Crippen LogP contribution in [-0.2, 0) is 6.67 Å². The van der Waals surface area contributed by atoms with Crippen molar-refractivity contribution in [1.82, 2.24) is 9.78 Å². The Hall–Kier alpha value is -1.81. The number of nitrogens with two attached hydrogens (primary N) is 1. The summed E-state index contributed by atoms with van der Waals surface area (Å²) in [5, 5.41) is 4.02.